The van der Waals surface area contributed by atoms with E-state index in [1.165, 1.54) is 28.4 Å². The molecule has 0 heterocycles. The lowest BCUT2D eigenvalue weighted by molar-refractivity contribution is -0.116. The molecule has 0 spiro atoms. The zero-order valence-corrected chi connectivity index (χ0v) is 15.9. The largest absolute Gasteiger partial charge is 0.353 e. The van der Waals surface area contributed by atoms with Crippen LogP contribution < -0.4 is 0 Å². The Bertz CT molecular complexity index is 477. The van der Waals surface area contributed by atoms with Gasteiger partial charge in [-0.05, 0) is 12.5 Å². The Morgan fingerprint density at radius 1 is 1.05 bits per heavy atom. The van der Waals surface area contributed by atoms with Crippen molar-refractivity contribution in [2.24, 2.45) is 0 Å². The van der Waals surface area contributed by atoms with Gasteiger partial charge in [0.25, 0.3) is 0 Å². The average molecular weight is 375 g/mol. The van der Waals surface area contributed by atoms with E-state index in [2.05, 4.69) is 0 Å². The van der Waals surface area contributed by atoms with Crippen molar-refractivity contribution in [3.05, 3.63) is 0 Å². The van der Waals surface area contributed by atoms with Crippen LogP contribution in [0.2, 0.25) is 0 Å². The molecule has 10 heteroatoms. The van der Waals surface area contributed by atoms with E-state index in [9.17, 15) is 13.2 Å². The number of hydrogen-bond acceptors (Lipinski definition) is 7. The number of ketones is 1. The summed E-state index contributed by atoms with van der Waals surface area (Å²) in [6.45, 7) is -0.00437. The summed E-state index contributed by atoms with van der Waals surface area (Å²) < 4.78 is 24.8. The number of rotatable bonds is 6. The van der Waals surface area contributed by atoms with Gasteiger partial charge < -0.3 is 9.80 Å². The van der Waals surface area contributed by atoms with Crippen molar-refractivity contribution in [2.45, 2.75) is 0 Å². The van der Waals surface area contributed by atoms with Gasteiger partial charge in [-0.3, -0.25) is 4.79 Å². The van der Waals surface area contributed by atoms with E-state index >= 15 is 0 Å². The fraction of sp³-hybridized carbons (Fsp3) is 0.700. The quantitative estimate of drug-likeness (QED) is 0.636. The van der Waals surface area contributed by atoms with Gasteiger partial charge in [0, 0.05) is 14.1 Å². The molecule has 116 valence electrons. The van der Waals surface area contributed by atoms with Gasteiger partial charge in [0.2, 0.25) is 0 Å². The molecule has 0 fully saturated rings. The zero-order valence-electron chi connectivity index (χ0n) is 11.8. The van der Waals surface area contributed by atoms with Crippen molar-refractivity contribution in [1.82, 2.24) is 9.80 Å². The summed E-state index contributed by atoms with van der Waals surface area (Å²) >= 11 is 12.6. The number of thiocarbonyl (C=S) groups is 2. The number of nitrogens with zero attached hydrogens (tertiary/aromatic N) is 2. The Balaban J connectivity index is 4.51. The minimum Gasteiger partial charge on any atom is -0.353 e. The van der Waals surface area contributed by atoms with Crippen LogP contribution in [0.25, 0.3) is 0 Å². The zero-order chi connectivity index (χ0) is 15.9. The maximum Gasteiger partial charge on any atom is 0.175 e. The fourth-order valence-electron chi connectivity index (χ4n) is 1.33. The highest BCUT2D eigenvalue weighted by Gasteiger charge is 2.21. The van der Waals surface area contributed by atoms with Gasteiger partial charge in [0.15, 0.2) is 15.6 Å². The number of carbonyl (C=O) groups is 1. The topological polar surface area (TPSA) is 57.7 Å². The number of hydrogen-bond donors (Lipinski definition) is 0. The van der Waals surface area contributed by atoms with Crippen LogP contribution in [0, 0.1) is 0 Å². The summed E-state index contributed by atoms with van der Waals surface area (Å²) in [4.78, 5) is 14.8. The number of likely N-dealkylation sites (N-methyl/N-ethyl adjacent to an activating group) is 1. The molecule has 0 aromatic rings. The van der Waals surface area contributed by atoms with Crippen molar-refractivity contribution in [3.63, 3.8) is 0 Å². The maximum absolute atomic E-state index is 11.9. The van der Waals surface area contributed by atoms with Crippen LogP contribution in [0.5, 0.6) is 0 Å². The summed E-state index contributed by atoms with van der Waals surface area (Å²) in [5.74, 6) is -1.14. The third-order valence-corrected chi connectivity index (χ3v) is 6.65. The van der Waals surface area contributed by atoms with E-state index in [0.717, 1.165) is 0 Å². The van der Waals surface area contributed by atoms with E-state index in [4.69, 9.17) is 24.4 Å². The predicted octanol–water partition coefficient (Wildman–Crippen LogP) is 1.09. The van der Waals surface area contributed by atoms with Gasteiger partial charge in [0.05, 0.1) is 6.54 Å². The Kier molecular flexibility index (Phi) is 9.23. The summed E-state index contributed by atoms with van der Waals surface area (Å²) in [5.41, 5.74) is 0. The molecule has 0 saturated heterocycles. The minimum atomic E-state index is -3.51. The highest BCUT2D eigenvalue weighted by atomic mass is 32.2. The average Bonchev–Trinajstić information content (AvgIpc) is 2.34. The molecule has 0 N–H and O–H groups in total. The lowest BCUT2D eigenvalue weighted by Crippen LogP contribution is -2.36. The molecular weight excluding hydrogens is 356 g/mol. The summed E-state index contributed by atoms with van der Waals surface area (Å²) in [6.07, 6.45) is 3.58. The molecule has 0 atom stereocenters. The normalized spacial score (nSPS) is 11.0. The van der Waals surface area contributed by atoms with Gasteiger partial charge in [0.1, 0.15) is 20.3 Å². The number of Topliss-reactive ketones (excluding diaryl/α,β-unsaturated/α-hetero) is 1. The lowest BCUT2D eigenvalue weighted by Gasteiger charge is -2.19. The van der Waals surface area contributed by atoms with E-state index in [1.54, 1.807) is 31.5 Å². The first-order valence-electron chi connectivity index (χ1n) is 5.43. The Morgan fingerprint density at radius 3 is 1.95 bits per heavy atom. The molecule has 20 heavy (non-hydrogen) atoms. The van der Waals surface area contributed by atoms with E-state index in [0.29, 0.717) is 8.64 Å². The van der Waals surface area contributed by atoms with E-state index in [-0.39, 0.29) is 18.2 Å². The first kappa shape index (κ1) is 20.1. The number of thioether (sulfide) groups is 2. The molecule has 0 unspecified atom stereocenters. The molecule has 0 amide bonds. The summed E-state index contributed by atoms with van der Waals surface area (Å²) in [7, 11) is -0.256. The predicted molar refractivity (Wildman–Crippen MR) is 96.3 cm³/mol. The van der Waals surface area contributed by atoms with Crippen molar-refractivity contribution < 1.29 is 13.2 Å². The standard InChI is InChI=1S/C10H18N2O3S5/c1-11(9(16)18-3)5-8(13)6-20(14,15)7-12(2)10(17)19-4/h5-7H2,1-4H3. The van der Waals surface area contributed by atoms with Crippen LogP contribution in [0.1, 0.15) is 0 Å². The van der Waals surface area contributed by atoms with Crippen molar-refractivity contribution >= 4 is 72.2 Å². The molecule has 0 aliphatic heterocycles. The second-order valence-corrected chi connectivity index (χ2v) is 8.96. The van der Waals surface area contributed by atoms with Gasteiger partial charge in [-0.15, -0.1) is 23.5 Å². The van der Waals surface area contributed by atoms with Gasteiger partial charge in [-0.25, -0.2) is 8.42 Å². The Hall–Kier alpha value is 0.1000. The lowest BCUT2D eigenvalue weighted by atomic mass is 10.4. The van der Waals surface area contributed by atoms with Crippen LogP contribution in [-0.4, -0.2) is 77.4 Å². The molecular formula is C10H18N2O3S5. The molecule has 0 aliphatic carbocycles. The number of carbonyl (C=O) groups excluding carboxylic acids is 1. The van der Waals surface area contributed by atoms with Crippen molar-refractivity contribution in [3.8, 4) is 0 Å². The Morgan fingerprint density at radius 2 is 1.50 bits per heavy atom. The van der Waals surface area contributed by atoms with E-state index < -0.39 is 15.6 Å². The van der Waals surface area contributed by atoms with Crippen LogP contribution in [0.3, 0.4) is 0 Å². The van der Waals surface area contributed by atoms with Crippen molar-refractivity contribution in [2.75, 3.05) is 44.8 Å². The third kappa shape index (κ3) is 7.77. The molecule has 0 radical (unpaired) electrons. The fourth-order valence-corrected chi connectivity index (χ4v) is 3.76. The first-order chi connectivity index (χ1) is 9.12. The van der Waals surface area contributed by atoms with Crippen LogP contribution >= 0.6 is 48.0 Å². The molecule has 0 rings (SSSR count). The molecule has 0 aromatic carbocycles. The smallest absolute Gasteiger partial charge is 0.175 e. The van der Waals surface area contributed by atoms with Crippen molar-refractivity contribution in [1.29, 1.82) is 0 Å². The molecule has 0 aromatic heterocycles. The second-order valence-electron chi connectivity index (χ2n) is 4.05. The Labute approximate surface area is 139 Å². The SMILES string of the molecule is CSC(=S)N(C)CC(=O)CS(=O)(=O)CN(C)C(=S)SC. The molecule has 5 nitrogen and oxygen atoms in total. The number of sulfone groups is 1. The minimum absolute atomic E-state index is 0.00437. The van der Waals surface area contributed by atoms with Crippen LogP contribution in [0.4, 0.5) is 0 Å². The molecule has 0 bridgehead atoms. The first-order valence-corrected chi connectivity index (χ1v) is 10.5. The van der Waals surface area contributed by atoms with Gasteiger partial charge in [-0.2, -0.15) is 0 Å². The molecule has 0 aliphatic rings. The third-order valence-electron chi connectivity index (χ3n) is 2.16. The highest BCUT2D eigenvalue weighted by Crippen LogP contribution is 2.06. The monoisotopic (exact) mass is 374 g/mol. The van der Waals surface area contributed by atoms with Gasteiger partial charge >= 0.3 is 0 Å². The summed E-state index contributed by atoms with van der Waals surface area (Å²) in [6, 6.07) is 0. The highest BCUT2D eigenvalue weighted by molar-refractivity contribution is 8.22. The second kappa shape index (κ2) is 9.19. The van der Waals surface area contributed by atoms with E-state index in [1.807, 2.05) is 0 Å². The summed E-state index contributed by atoms with van der Waals surface area (Å²) in [5, 5.41) is 0. The van der Waals surface area contributed by atoms with Gasteiger partial charge in [-0.1, -0.05) is 24.4 Å². The van der Waals surface area contributed by atoms with Crippen LogP contribution in [0.15, 0.2) is 0 Å². The maximum atomic E-state index is 11.9. The van der Waals surface area contributed by atoms with Crippen LogP contribution in [-0.2, 0) is 14.6 Å². The molecule has 0 saturated carbocycles.